The molecule has 2 N–H and O–H groups in total. The zero-order valence-corrected chi connectivity index (χ0v) is 13.8. The lowest BCUT2D eigenvalue weighted by molar-refractivity contribution is 0.0268. The van der Waals surface area contributed by atoms with Gasteiger partial charge >= 0.3 is 6.09 Å². The van der Waals surface area contributed by atoms with Gasteiger partial charge in [-0.25, -0.2) is 4.79 Å². The zero-order chi connectivity index (χ0) is 16.4. The third-order valence-corrected chi connectivity index (χ3v) is 3.63. The molecule has 0 aromatic carbocycles. The summed E-state index contributed by atoms with van der Waals surface area (Å²) in [5.41, 5.74) is -1.55. The Bertz CT molecular complexity index is 491. The number of likely N-dealkylation sites (tertiary alicyclic amines) is 1. The summed E-state index contributed by atoms with van der Waals surface area (Å²) >= 11 is 0. The van der Waals surface area contributed by atoms with E-state index in [0.29, 0.717) is 25.4 Å². The van der Waals surface area contributed by atoms with Crippen molar-refractivity contribution in [3.05, 3.63) is 24.2 Å². The molecule has 1 amide bonds. The summed E-state index contributed by atoms with van der Waals surface area (Å²) < 4.78 is 10.6. The summed E-state index contributed by atoms with van der Waals surface area (Å²) in [5, 5.41) is 13.7. The normalized spacial score (nSPS) is 21.7. The highest BCUT2D eigenvalue weighted by atomic mass is 16.6. The quantitative estimate of drug-likeness (QED) is 0.890. The van der Waals surface area contributed by atoms with Crippen LogP contribution in [0.15, 0.2) is 22.8 Å². The van der Waals surface area contributed by atoms with E-state index in [0.717, 1.165) is 6.42 Å². The van der Waals surface area contributed by atoms with E-state index in [1.807, 2.05) is 20.8 Å². The van der Waals surface area contributed by atoms with E-state index in [1.165, 1.54) is 0 Å². The van der Waals surface area contributed by atoms with Crippen molar-refractivity contribution in [2.45, 2.75) is 51.4 Å². The fourth-order valence-corrected chi connectivity index (χ4v) is 2.43. The largest absolute Gasteiger partial charge is 0.466 e. The minimum atomic E-state index is -1.07. The summed E-state index contributed by atoms with van der Waals surface area (Å²) in [7, 11) is 0. The number of carbonyl (C=O) groups is 1. The van der Waals surface area contributed by atoms with Crippen molar-refractivity contribution in [1.29, 1.82) is 0 Å². The van der Waals surface area contributed by atoms with Crippen molar-refractivity contribution in [2.24, 2.45) is 0 Å². The van der Waals surface area contributed by atoms with Crippen molar-refractivity contribution in [3.8, 4) is 0 Å². The Hall–Kier alpha value is -1.53. The van der Waals surface area contributed by atoms with Crippen LogP contribution in [-0.4, -0.2) is 47.4 Å². The van der Waals surface area contributed by atoms with Crippen molar-refractivity contribution >= 4 is 6.09 Å². The van der Waals surface area contributed by atoms with Crippen molar-refractivity contribution in [2.75, 3.05) is 19.6 Å². The molecule has 1 aliphatic rings. The van der Waals surface area contributed by atoms with Crippen molar-refractivity contribution < 1.29 is 19.1 Å². The van der Waals surface area contributed by atoms with Crippen LogP contribution >= 0.6 is 0 Å². The summed E-state index contributed by atoms with van der Waals surface area (Å²) in [5.74, 6) is 0.530. The van der Waals surface area contributed by atoms with Gasteiger partial charge in [-0.2, -0.15) is 0 Å². The zero-order valence-electron chi connectivity index (χ0n) is 13.8. The summed E-state index contributed by atoms with van der Waals surface area (Å²) in [6, 6.07) is 3.65. The molecule has 22 heavy (non-hydrogen) atoms. The third kappa shape index (κ3) is 4.48. The van der Waals surface area contributed by atoms with Crippen LogP contribution in [0.1, 0.15) is 39.9 Å². The SMILES string of the molecule is CC(C)(C)OC(=O)N1CC[C@@H](NC[C@](C)(O)c2ccco2)C1. The number of hydrogen-bond acceptors (Lipinski definition) is 5. The van der Waals surface area contributed by atoms with Gasteiger partial charge in [0.25, 0.3) is 0 Å². The van der Waals surface area contributed by atoms with E-state index in [4.69, 9.17) is 9.15 Å². The minimum Gasteiger partial charge on any atom is -0.466 e. The van der Waals surface area contributed by atoms with Gasteiger partial charge in [0, 0.05) is 25.7 Å². The molecule has 0 saturated carbocycles. The third-order valence-electron chi connectivity index (χ3n) is 3.63. The van der Waals surface area contributed by atoms with Crippen LogP contribution in [0.3, 0.4) is 0 Å². The number of carbonyl (C=O) groups excluding carboxylic acids is 1. The van der Waals surface area contributed by atoms with Crippen LogP contribution in [-0.2, 0) is 10.3 Å². The number of rotatable bonds is 4. The summed E-state index contributed by atoms with van der Waals surface area (Å²) in [6.07, 6.45) is 2.10. The molecule has 1 aliphatic heterocycles. The average Bonchev–Trinajstić information content (AvgIpc) is 3.06. The Morgan fingerprint density at radius 2 is 2.23 bits per heavy atom. The second-order valence-electron chi connectivity index (χ2n) is 7.04. The van der Waals surface area contributed by atoms with Gasteiger partial charge in [-0.1, -0.05) is 0 Å². The number of aliphatic hydroxyl groups is 1. The molecular formula is C16H26N2O4. The fraction of sp³-hybridized carbons (Fsp3) is 0.688. The second kappa shape index (κ2) is 6.30. The molecule has 0 bridgehead atoms. The Morgan fingerprint density at radius 1 is 1.50 bits per heavy atom. The van der Waals surface area contributed by atoms with Gasteiger partial charge in [0.15, 0.2) is 0 Å². The maximum atomic E-state index is 12.0. The lowest BCUT2D eigenvalue weighted by Gasteiger charge is -2.25. The average molecular weight is 310 g/mol. The van der Waals surface area contributed by atoms with E-state index in [1.54, 1.807) is 30.2 Å². The standard InChI is InChI=1S/C16H26N2O4/c1-15(2,3)22-14(19)18-8-7-12(10-18)17-11-16(4,20)13-6-5-9-21-13/h5-6,9,12,17,20H,7-8,10-11H2,1-4H3/t12-,16+/m1/s1. The molecule has 124 valence electrons. The van der Waals surface area contributed by atoms with Crippen LogP contribution in [0.2, 0.25) is 0 Å². The van der Waals surface area contributed by atoms with Crippen LogP contribution in [0, 0.1) is 0 Å². The molecule has 0 unspecified atom stereocenters. The van der Waals surface area contributed by atoms with Crippen molar-refractivity contribution in [3.63, 3.8) is 0 Å². The number of ether oxygens (including phenoxy) is 1. The molecule has 1 aromatic rings. The fourth-order valence-electron chi connectivity index (χ4n) is 2.43. The molecule has 1 fully saturated rings. The van der Waals surface area contributed by atoms with Crippen LogP contribution < -0.4 is 5.32 Å². The molecule has 6 nitrogen and oxygen atoms in total. The van der Waals surface area contributed by atoms with Gasteiger partial charge in [0.2, 0.25) is 0 Å². The molecular weight excluding hydrogens is 284 g/mol. The van der Waals surface area contributed by atoms with Crippen LogP contribution in [0.4, 0.5) is 4.79 Å². The Labute approximate surface area is 131 Å². The van der Waals surface area contributed by atoms with Gasteiger partial charge in [0.05, 0.1) is 6.26 Å². The minimum absolute atomic E-state index is 0.147. The number of furan rings is 1. The topological polar surface area (TPSA) is 74.9 Å². The van der Waals surface area contributed by atoms with Gasteiger partial charge in [-0.05, 0) is 46.2 Å². The molecule has 2 atom stereocenters. The first kappa shape index (κ1) is 16.8. The second-order valence-corrected chi connectivity index (χ2v) is 7.04. The molecule has 0 radical (unpaired) electrons. The smallest absolute Gasteiger partial charge is 0.410 e. The van der Waals surface area contributed by atoms with E-state index >= 15 is 0 Å². The van der Waals surface area contributed by atoms with Gasteiger partial charge in [-0.3, -0.25) is 0 Å². The highest BCUT2D eigenvalue weighted by Gasteiger charge is 2.32. The predicted octanol–water partition coefficient (Wildman–Crippen LogP) is 2.09. The monoisotopic (exact) mass is 310 g/mol. The number of hydrogen-bond donors (Lipinski definition) is 2. The first-order valence-electron chi connectivity index (χ1n) is 7.65. The first-order chi connectivity index (χ1) is 10.2. The van der Waals surface area contributed by atoms with E-state index < -0.39 is 11.2 Å². The highest BCUT2D eigenvalue weighted by molar-refractivity contribution is 5.68. The van der Waals surface area contributed by atoms with Crippen LogP contribution in [0.25, 0.3) is 0 Å². The van der Waals surface area contributed by atoms with E-state index in [2.05, 4.69) is 5.32 Å². The van der Waals surface area contributed by atoms with Gasteiger partial charge in [0.1, 0.15) is 17.0 Å². The van der Waals surface area contributed by atoms with E-state index in [9.17, 15) is 9.90 Å². The summed E-state index contributed by atoms with van der Waals surface area (Å²) in [6.45, 7) is 8.90. The molecule has 2 rings (SSSR count). The first-order valence-corrected chi connectivity index (χ1v) is 7.65. The Kier molecular flexibility index (Phi) is 4.82. The number of nitrogens with zero attached hydrogens (tertiary/aromatic N) is 1. The number of nitrogens with one attached hydrogen (secondary N) is 1. The van der Waals surface area contributed by atoms with E-state index in [-0.39, 0.29) is 12.1 Å². The maximum Gasteiger partial charge on any atom is 0.410 e. The lowest BCUT2D eigenvalue weighted by atomic mass is 10.0. The van der Waals surface area contributed by atoms with Gasteiger partial charge < -0.3 is 24.5 Å². The lowest BCUT2D eigenvalue weighted by Crippen LogP contribution is -2.43. The molecule has 0 spiro atoms. The predicted molar refractivity (Wildman–Crippen MR) is 82.5 cm³/mol. The molecule has 1 aromatic heterocycles. The van der Waals surface area contributed by atoms with Gasteiger partial charge in [-0.15, -0.1) is 0 Å². The Balaban J connectivity index is 1.80. The Morgan fingerprint density at radius 3 is 2.82 bits per heavy atom. The highest BCUT2D eigenvalue weighted by Crippen LogP contribution is 2.21. The molecule has 0 aliphatic carbocycles. The maximum absolute atomic E-state index is 12.0. The van der Waals surface area contributed by atoms with Crippen LogP contribution in [0.5, 0.6) is 0 Å². The number of amides is 1. The molecule has 1 saturated heterocycles. The van der Waals surface area contributed by atoms with Crippen molar-refractivity contribution in [1.82, 2.24) is 10.2 Å². The molecule has 6 heteroatoms. The summed E-state index contributed by atoms with van der Waals surface area (Å²) in [4.78, 5) is 13.7. The molecule has 2 heterocycles.